The predicted molar refractivity (Wildman–Crippen MR) is 75.7 cm³/mol. The minimum absolute atomic E-state index is 0.0465. The van der Waals surface area contributed by atoms with Crippen LogP contribution < -0.4 is 5.32 Å². The number of alkyl halides is 1. The Bertz CT molecular complexity index is 734. The fraction of sp³-hybridized carbons (Fsp3) is 0.286. The number of hydrogen-bond donors (Lipinski definition) is 1. The summed E-state index contributed by atoms with van der Waals surface area (Å²) in [5.74, 6) is -3.08. The number of carbonyl (C=O) groups excluding carboxylic acids is 4. The smallest absolute Gasteiger partial charge is 0.262 e. The third-order valence-corrected chi connectivity index (χ3v) is 4.35. The summed E-state index contributed by atoms with van der Waals surface area (Å²) in [6, 6.07) is 1.28. The number of fused-ring (bicyclic) bond motifs is 1. The number of rotatable bonds is 2. The maximum absolute atomic E-state index is 13.8. The molecular formula is C14H10BrFN2O4. The topological polar surface area (TPSA) is 83.6 Å². The first-order valence-corrected chi connectivity index (χ1v) is 7.66. The van der Waals surface area contributed by atoms with E-state index in [-0.39, 0.29) is 34.9 Å². The Hall–Kier alpha value is -2.09. The van der Waals surface area contributed by atoms with Crippen LogP contribution >= 0.6 is 15.9 Å². The Balaban J connectivity index is 2.00. The van der Waals surface area contributed by atoms with Crippen molar-refractivity contribution in [1.29, 1.82) is 0 Å². The Morgan fingerprint density at radius 1 is 1.18 bits per heavy atom. The van der Waals surface area contributed by atoms with Gasteiger partial charge in [0.05, 0.1) is 11.1 Å². The van der Waals surface area contributed by atoms with Gasteiger partial charge in [0, 0.05) is 11.8 Å². The molecular weight excluding hydrogens is 359 g/mol. The molecule has 114 valence electrons. The minimum atomic E-state index is -1.04. The number of imide groups is 2. The fourth-order valence-electron chi connectivity index (χ4n) is 2.64. The molecule has 3 rings (SSSR count). The van der Waals surface area contributed by atoms with E-state index in [0.717, 1.165) is 11.0 Å². The van der Waals surface area contributed by atoms with E-state index in [1.807, 2.05) is 0 Å². The van der Waals surface area contributed by atoms with Crippen molar-refractivity contribution >= 4 is 39.6 Å². The number of halogens is 2. The van der Waals surface area contributed by atoms with Gasteiger partial charge < -0.3 is 0 Å². The van der Waals surface area contributed by atoms with Gasteiger partial charge in [-0.25, -0.2) is 4.39 Å². The van der Waals surface area contributed by atoms with Gasteiger partial charge in [0.15, 0.2) is 0 Å². The van der Waals surface area contributed by atoms with Crippen molar-refractivity contribution in [3.63, 3.8) is 0 Å². The van der Waals surface area contributed by atoms with Crippen molar-refractivity contribution < 1.29 is 23.6 Å². The van der Waals surface area contributed by atoms with E-state index in [2.05, 4.69) is 21.2 Å². The van der Waals surface area contributed by atoms with Crippen molar-refractivity contribution in [3.05, 3.63) is 34.6 Å². The lowest BCUT2D eigenvalue weighted by molar-refractivity contribution is -0.136. The quantitative estimate of drug-likeness (QED) is 0.626. The number of carbonyl (C=O) groups is 4. The zero-order valence-corrected chi connectivity index (χ0v) is 12.8. The van der Waals surface area contributed by atoms with Crippen LogP contribution in [0.4, 0.5) is 4.39 Å². The zero-order chi connectivity index (χ0) is 16.0. The van der Waals surface area contributed by atoms with E-state index in [1.54, 1.807) is 0 Å². The van der Waals surface area contributed by atoms with Gasteiger partial charge in [0.2, 0.25) is 11.8 Å². The van der Waals surface area contributed by atoms with E-state index in [1.165, 1.54) is 6.07 Å². The molecule has 0 bridgehead atoms. The van der Waals surface area contributed by atoms with Crippen LogP contribution in [0, 0.1) is 5.82 Å². The summed E-state index contributed by atoms with van der Waals surface area (Å²) in [5, 5.41) is 2.30. The molecule has 2 aliphatic rings. The van der Waals surface area contributed by atoms with Gasteiger partial charge in [0.25, 0.3) is 11.8 Å². The van der Waals surface area contributed by atoms with E-state index in [4.69, 9.17) is 0 Å². The normalized spacial score (nSPS) is 21.2. The van der Waals surface area contributed by atoms with Gasteiger partial charge in [-0.1, -0.05) is 15.9 Å². The molecule has 2 aliphatic heterocycles. The highest BCUT2D eigenvalue weighted by atomic mass is 79.9. The summed E-state index contributed by atoms with van der Waals surface area (Å²) in [4.78, 5) is 48.6. The van der Waals surface area contributed by atoms with Gasteiger partial charge in [-0.2, -0.15) is 0 Å². The highest BCUT2D eigenvalue weighted by Gasteiger charge is 2.44. The molecule has 2 heterocycles. The van der Waals surface area contributed by atoms with Crippen molar-refractivity contribution in [3.8, 4) is 0 Å². The molecule has 0 spiro atoms. The van der Waals surface area contributed by atoms with E-state index >= 15 is 0 Å². The summed E-state index contributed by atoms with van der Waals surface area (Å²) in [5.41, 5.74) is 0.271. The molecule has 1 saturated heterocycles. The van der Waals surface area contributed by atoms with Gasteiger partial charge in [-0.15, -0.1) is 0 Å². The lowest BCUT2D eigenvalue weighted by Crippen LogP contribution is -2.54. The number of nitrogens with one attached hydrogen (secondary N) is 1. The number of benzene rings is 1. The van der Waals surface area contributed by atoms with Crippen LogP contribution in [0.15, 0.2) is 12.1 Å². The molecule has 1 atom stereocenters. The summed E-state index contributed by atoms with van der Waals surface area (Å²) in [6.07, 6.45) is 0.120. The summed E-state index contributed by atoms with van der Waals surface area (Å²) >= 11 is 3.11. The van der Waals surface area contributed by atoms with Gasteiger partial charge >= 0.3 is 0 Å². The fourth-order valence-corrected chi connectivity index (χ4v) is 3.07. The van der Waals surface area contributed by atoms with Crippen molar-refractivity contribution in [2.45, 2.75) is 24.2 Å². The Morgan fingerprint density at radius 3 is 2.41 bits per heavy atom. The SMILES string of the molecule is O=C1CCC(N2C(=O)c3cc(F)c(CBr)cc3C2=O)C(=O)N1. The minimum Gasteiger partial charge on any atom is -0.295 e. The lowest BCUT2D eigenvalue weighted by Gasteiger charge is -2.27. The summed E-state index contributed by atoms with van der Waals surface area (Å²) < 4.78 is 13.8. The first-order chi connectivity index (χ1) is 10.4. The highest BCUT2D eigenvalue weighted by Crippen LogP contribution is 2.30. The highest BCUT2D eigenvalue weighted by molar-refractivity contribution is 9.08. The second-order valence-corrected chi connectivity index (χ2v) is 5.63. The molecule has 1 fully saturated rings. The number of hydrogen-bond acceptors (Lipinski definition) is 4. The maximum Gasteiger partial charge on any atom is 0.262 e. The van der Waals surface area contributed by atoms with Crippen molar-refractivity contribution in [1.82, 2.24) is 10.2 Å². The molecule has 0 aromatic heterocycles. The van der Waals surface area contributed by atoms with Crippen LogP contribution in [0.1, 0.15) is 39.1 Å². The zero-order valence-electron chi connectivity index (χ0n) is 11.2. The third kappa shape index (κ3) is 2.14. The summed E-state index contributed by atoms with van der Waals surface area (Å²) in [6.45, 7) is 0. The van der Waals surface area contributed by atoms with Crippen LogP contribution in [0.5, 0.6) is 0 Å². The van der Waals surface area contributed by atoms with Gasteiger partial charge in [0.1, 0.15) is 11.9 Å². The molecule has 0 saturated carbocycles. The molecule has 8 heteroatoms. The molecule has 6 nitrogen and oxygen atoms in total. The Kier molecular flexibility index (Phi) is 3.56. The first-order valence-electron chi connectivity index (χ1n) is 6.54. The first kappa shape index (κ1) is 14.8. The average Bonchev–Trinajstić information content (AvgIpc) is 2.70. The standard InChI is InChI=1S/C14H10BrFN2O4/c15-5-6-3-7-8(4-9(6)16)14(22)18(13(7)21)10-1-2-11(19)17-12(10)20/h3-4,10H,1-2,5H2,(H,17,19,20). The molecule has 4 amide bonds. The Morgan fingerprint density at radius 2 is 1.82 bits per heavy atom. The molecule has 22 heavy (non-hydrogen) atoms. The predicted octanol–water partition coefficient (Wildman–Crippen LogP) is 1.12. The molecule has 1 N–H and O–H groups in total. The van der Waals surface area contributed by atoms with Crippen molar-refractivity contribution in [2.75, 3.05) is 0 Å². The van der Waals surface area contributed by atoms with Crippen molar-refractivity contribution in [2.24, 2.45) is 0 Å². The molecule has 1 aromatic rings. The second-order valence-electron chi connectivity index (χ2n) is 5.07. The van der Waals surface area contributed by atoms with Gasteiger partial charge in [-0.05, 0) is 24.1 Å². The average molecular weight is 369 g/mol. The number of amides is 4. The number of nitrogens with zero attached hydrogens (tertiary/aromatic N) is 1. The largest absolute Gasteiger partial charge is 0.295 e. The molecule has 0 aliphatic carbocycles. The lowest BCUT2D eigenvalue weighted by atomic mass is 10.0. The summed E-state index contributed by atoms with van der Waals surface area (Å²) in [7, 11) is 0. The monoisotopic (exact) mass is 368 g/mol. The Labute approximate surface area is 132 Å². The maximum atomic E-state index is 13.8. The van der Waals surface area contributed by atoms with Gasteiger partial charge in [-0.3, -0.25) is 29.4 Å². The molecule has 0 radical (unpaired) electrons. The second kappa shape index (κ2) is 5.28. The van der Waals surface area contributed by atoms with Crippen LogP contribution in [0.3, 0.4) is 0 Å². The van der Waals surface area contributed by atoms with Crippen LogP contribution in [0.2, 0.25) is 0 Å². The van der Waals surface area contributed by atoms with E-state index in [9.17, 15) is 23.6 Å². The van der Waals surface area contributed by atoms with Crippen LogP contribution in [-0.4, -0.2) is 34.6 Å². The third-order valence-electron chi connectivity index (χ3n) is 3.75. The van der Waals surface area contributed by atoms with E-state index in [0.29, 0.717) is 0 Å². The molecule has 1 unspecified atom stereocenters. The van der Waals surface area contributed by atoms with E-state index < -0.39 is 35.5 Å². The number of piperidine rings is 1. The van der Waals surface area contributed by atoms with Crippen LogP contribution in [-0.2, 0) is 14.9 Å². The molecule has 1 aromatic carbocycles. The van der Waals surface area contributed by atoms with Crippen LogP contribution in [0.25, 0.3) is 0 Å².